The monoisotopic (exact) mass is 795 g/mol. The van der Waals surface area contributed by atoms with Gasteiger partial charge in [-0.3, -0.25) is 9.79 Å². The Balaban J connectivity index is 0.977. The summed E-state index contributed by atoms with van der Waals surface area (Å²) in [5.41, 5.74) is 3.46. The molecule has 8 bridgehead atoms. The van der Waals surface area contributed by atoms with Crippen molar-refractivity contribution in [2.24, 2.45) is 35.5 Å². The van der Waals surface area contributed by atoms with Gasteiger partial charge in [-0.1, -0.05) is 23.2 Å². The molecule has 10 rings (SSSR count). The Morgan fingerprint density at radius 3 is 1.58 bits per heavy atom. The summed E-state index contributed by atoms with van der Waals surface area (Å²) in [6, 6.07) is 10.1. The van der Waals surface area contributed by atoms with E-state index in [1.165, 1.54) is 11.1 Å². The van der Waals surface area contributed by atoms with Crippen LogP contribution in [0.25, 0.3) is 11.5 Å². The fourth-order valence-electron chi connectivity index (χ4n) is 11.3. The van der Waals surface area contributed by atoms with Gasteiger partial charge < -0.3 is 23.5 Å². The van der Waals surface area contributed by atoms with E-state index in [1.807, 2.05) is 6.07 Å². The molecule has 8 aliphatic carbocycles. The highest BCUT2D eigenvalue weighted by Gasteiger charge is 2.57. The fraction of sp³-hybridized carbons (Fsp3) is 0.568. The third-order valence-electron chi connectivity index (χ3n) is 12.5. The predicted molar refractivity (Wildman–Crippen MR) is 193 cm³/mol. The molecule has 2 aromatic rings. The zero-order valence-electron chi connectivity index (χ0n) is 29.0. The van der Waals surface area contributed by atoms with Crippen molar-refractivity contribution in [3.05, 3.63) is 68.7 Å². The molecular weight excluding hydrogens is 753 g/mol. The van der Waals surface area contributed by atoms with Crippen LogP contribution in [0.5, 0.6) is 11.5 Å². The first-order valence-electron chi connectivity index (χ1n) is 17.8. The van der Waals surface area contributed by atoms with Gasteiger partial charge in [0.25, 0.3) is 0 Å². The zero-order chi connectivity index (χ0) is 36.6. The molecule has 52 heavy (non-hydrogen) atoms. The minimum Gasteiger partial charge on any atom is -0.496 e. The average Bonchev–Trinajstić information content (AvgIpc) is 3.05. The highest BCUT2D eigenvalue weighted by atomic mass is 35.5. The second-order valence-corrected chi connectivity index (χ2v) is 18.3. The maximum absolute atomic E-state index is 11.6. The molecule has 0 aliphatic heterocycles. The number of phosphoric ester groups is 1. The van der Waals surface area contributed by atoms with E-state index in [-0.39, 0.29) is 51.4 Å². The SMILES string of the molecule is COC(=C1C2CC3CC1CC(OCOC14CC5CC(C1)C(=C(OC)c1ccc(Cl)c(OP(=O)(O)O)c1)C(C5)C4)(C3)C2)c1ccc(Cl)c(O[P+](=O)O)c1. The predicted octanol–water partition coefficient (Wildman–Crippen LogP) is 9.06. The molecule has 0 radical (unpaired) electrons. The first-order valence-corrected chi connectivity index (χ1v) is 21.2. The van der Waals surface area contributed by atoms with Gasteiger partial charge in [0.2, 0.25) is 5.75 Å². The van der Waals surface area contributed by atoms with Gasteiger partial charge in [-0.25, -0.2) is 9.09 Å². The average molecular weight is 797 g/mol. The summed E-state index contributed by atoms with van der Waals surface area (Å²) >= 11 is 12.5. The van der Waals surface area contributed by atoms with Gasteiger partial charge >= 0.3 is 16.1 Å². The van der Waals surface area contributed by atoms with E-state index in [0.29, 0.717) is 35.0 Å². The van der Waals surface area contributed by atoms with Gasteiger partial charge in [-0.05, 0) is 147 Å². The Labute approximate surface area is 313 Å². The van der Waals surface area contributed by atoms with E-state index in [9.17, 15) is 23.8 Å². The molecule has 8 saturated carbocycles. The minimum atomic E-state index is -4.80. The van der Waals surface area contributed by atoms with Crippen LogP contribution >= 0.6 is 39.3 Å². The van der Waals surface area contributed by atoms with E-state index in [1.54, 1.807) is 44.6 Å². The second kappa shape index (κ2) is 13.8. The number of ether oxygens (including phenoxy) is 4. The highest BCUT2D eigenvalue weighted by Crippen LogP contribution is 2.63. The van der Waals surface area contributed by atoms with Gasteiger partial charge in [0.1, 0.15) is 18.3 Å². The van der Waals surface area contributed by atoms with Crippen molar-refractivity contribution in [1.82, 2.24) is 0 Å². The van der Waals surface area contributed by atoms with E-state index in [4.69, 9.17) is 51.2 Å². The molecule has 0 heterocycles. The van der Waals surface area contributed by atoms with E-state index in [2.05, 4.69) is 0 Å². The number of hydrogen-bond acceptors (Lipinski definition) is 8. The number of hydrogen-bond donors (Lipinski definition) is 3. The summed E-state index contributed by atoms with van der Waals surface area (Å²) in [7, 11) is -4.35. The lowest BCUT2D eigenvalue weighted by molar-refractivity contribution is -0.250. The third kappa shape index (κ3) is 6.95. The quantitative estimate of drug-likeness (QED) is 0.107. The highest BCUT2D eigenvalue weighted by molar-refractivity contribution is 7.46. The van der Waals surface area contributed by atoms with Crippen LogP contribution in [0.3, 0.4) is 0 Å². The molecule has 0 saturated heterocycles. The molecular formula is C37H43Cl2O11P2+. The summed E-state index contributed by atoms with van der Waals surface area (Å²) < 4.78 is 58.6. The number of benzene rings is 2. The molecule has 8 fully saturated rings. The maximum atomic E-state index is 11.6. The number of halogens is 2. The van der Waals surface area contributed by atoms with Gasteiger partial charge in [-0.2, -0.15) is 0 Å². The van der Waals surface area contributed by atoms with Gasteiger partial charge in [0.15, 0.2) is 5.75 Å². The summed E-state index contributed by atoms with van der Waals surface area (Å²) in [6.45, 7) is 0.252. The molecule has 2 aromatic carbocycles. The van der Waals surface area contributed by atoms with Crippen molar-refractivity contribution in [2.75, 3.05) is 21.0 Å². The van der Waals surface area contributed by atoms with Crippen LogP contribution in [0, 0.1) is 35.5 Å². The number of rotatable bonds is 12. The Morgan fingerprint density at radius 2 is 1.17 bits per heavy atom. The summed E-state index contributed by atoms with van der Waals surface area (Å²) in [5, 5.41) is 0.371. The van der Waals surface area contributed by atoms with Crippen LogP contribution in [0.15, 0.2) is 47.5 Å². The largest absolute Gasteiger partial charge is 0.747 e. The molecule has 0 amide bonds. The molecule has 280 valence electrons. The molecule has 11 nitrogen and oxygen atoms in total. The molecule has 5 unspecified atom stereocenters. The standard InChI is InChI=1S/C37H42Cl2O11P2/c1-45-34(22-3-5-28(38)30(11-22)49-51(40)41)32-24-7-20-8-25(32)16-36(13-20,15-24)47-19-48-37-14-21-9-26(17-37)33(27(10-21)18-37)35(46-2)23-4-6-29(39)31(12-23)50-52(42,43)44/h3-6,11-12,20-21,24-27H,7-10,13-19H2,1-2H3,(H2-,40,41,42,43,44)/p+1. The zero-order valence-corrected chi connectivity index (χ0v) is 32.3. The molecule has 0 spiro atoms. The Hall–Kier alpha value is -2.17. The number of methoxy groups -OCH3 is 2. The molecule has 0 aromatic heterocycles. The smallest absolute Gasteiger partial charge is 0.496 e. The first kappa shape index (κ1) is 36.8. The van der Waals surface area contributed by atoms with Gasteiger partial charge in [0, 0.05) is 15.7 Å². The minimum absolute atomic E-state index is 0.0833. The van der Waals surface area contributed by atoms with Gasteiger partial charge in [0.05, 0.1) is 35.5 Å². The van der Waals surface area contributed by atoms with Crippen molar-refractivity contribution in [3.63, 3.8) is 0 Å². The number of phosphoric acid groups is 1. The van der Waals surface area contributed by atoms with E-state index < -0.39 is 16.1 Å². The fourth-order valence-corrected chi connectivity index (χ4v) is 12.4. The van der Waals surface area contributed by atoms with Crippen LogP contribution in [0.1, 0.15) is 75.3 Å². The molecule has 3 N–H and O–H groups in total. The van der Waals surface area contributed by atoms with Gasteiger partial charge in [-0.15, -0.1) is 4.89 Å². The third-order valence-corrected chi connectivity index (χ3v) is 13.9. The Morgan fingerprint density at radius 1 is 0.750 bits per heavy atom. The van der Waals surface area contributed by atoms with Crippen molar-refractivity contribution in [2.45, 2.75) is 75.4 Å². The van der Waals surface area contributed by atoms with E-state index in [0.717, 1.165) is 75.5 Å². The van der Waals surface area contributed by atoms with Crippen molar-refractivity contribution in [3.8, 4) is 11.5 Å². The first-order chi connectivity index (χ1) is 24.8. The van der Waals surface area contributed by atoms with Crippen LogP contribution in [-0.4, -0.2) is 46.9 Å². The normalized spacial score (nSPS) is 32.9. The lowest BCUT2D eigenvalue weighted by atomic mass is 9.51. The van der Waals surface area contributed by atoms with Crippen molar-refractivity contribution < 1.29 is 51.8 Å². The lowest BCUT2D eigenvalue weighted by Crippen LogP contribution is -2.55. The molecule has 15 heteroatoms. The number of allylic oxidation sites excluding steroid dienone is 2. The van der Waals surface area contributed by atoms with E-state index >= 15 is 0 Å². The summed E-state index contributed by atoms with van der Waals surface area (Å²) in [6.07, 6.45) is 9.83. The van der Waals surface area contributed by atoms with Crippen molar-refractivity contribution in [1.29, 1.82) is 0 Å². The van der Waals surface area contributed by atoms with Crippen LogP contribution in [0.4, 0.5) is 0 Å². The topological polar surface area (TPSA) is 150 Å². The Kier molecular flexibility index (Phi) is 9.79. The maximum Gasteiger partial charge on any atom is 0.747 e. The summed E-state index contributed by atoms with van der Waals surface area (Å²) in [5.74, 6) is 3.82. The molecule has 5 atom stereocenters. The van der Waals surface area contributed by atoms with Crippen LogP contribution in [0.2, 0.25) is 10.0 Å². The second-order valence-electron chi connectivity index (χ2n) is 15.6. The van der Waals surface area contributed by atoms with Crippen LogP contribution in [-0.2, 0) is 28.1 Å². The van der Waals surface area contributed by atoms with Crippen LogP contribution < -0.4 is 9.05 Å². The lowest BCUT2D eigenvalue weighted by Gasteiger charge is -2.59. The molecule has 8 aliphatic rings. The van der Waals surface area contributed by atoms with Crippen molar-refractivity contribution >= 4 is 50.8 Å². The summed E-state index contributed by atoms with van der Waals surface area (Å²) in [4.78, 5) is 28.1. The Bertz CT molecular complexity index is 1860.